The number of carbonyl (C=O) groups is 1. The molecule has 0 fully saturated rings. The average Bonchev–Trinajstić information content (AvgIpc) is 3.04. The van der Waals surface area contributed by atoms with Crippen molar-refractivity contribution in [2.75, 3.05) is 0 Å². The Kier molecular flexibility index (Phi) is 4.99. The molecule has 4 aromatic rings. The average molecular weight is 389 g/mol. The fourth-order valence-corrected chi connectivity index (χ4v) is 3.12. The molecule has 0 atom stereocenters. The Morgan fingerprint density at radius 1 is 1.00 bits per heavy atom. The van der Waals surface area contributed by atoms with Gasteiger partial charge in [0, 0.05) is 12.7 Å². The number of fused-ring (bicyclic) bond motifs is 1. The summed E-state index contributed by atoms with van der Waals surface area (Å²) in [4.78, 5) is 17.2. The number of benzene rings is 2. The Morgan fingerprint density at radius 3 is 2.34 bits per heavy atom. The molecule has 2 aromatic heterocycles. The van der Waals surface area contributed by atoms with Gasteiger partial charge in [0.2, 0.25) is 0 Å². The molecule has 5 nitrogen and oxygen atoms in total. The Balaban J connectivity index is 1.43. The molecule has 146 valence electrons. The van der Waals surface area contributed by atoms with Gasteiger partial charge in [-0.3, -0.25) is 9.20 Å². The van der Waals surface area contributed by atoms with E-state index >= 15 is 0 Å². The zero-order valence-corrected chi connectivity index (χ0v) is 16.1. The van der Waals surface area contributed by atoms with Crippen molar-refractivity contribution in [2.45, 2.75) is 20.4 Å². The number of imidazole rings is 1. The molecule has 0 saturated heterocycles. The molecule has 0 bridgehead atoms. The summed E-state index contributed by atoms with van der Waals surface area (Å²) < 4.78 is 20.5. The van der Waals surface area contributed by atoms with Crippen LogP contribution in [0.5, 0.6) is 11.5 Å². The van der Waals surface area contributed by atoms with Crippen LogP contribution in [0.3, 0.4) is 0 Å². The number of rotatable bonds is 5. The van der Waals surface area contributed by atoms with E-state index in [9.17, 15) is 9.18 Å². The van der Waals surface area contributed by atoms with E-state index in [4.69, 9.17) is 4.74 Å². The highest BCUT2D eigenvalue weighted by Gasteiger charge is 2.16. The van der Waals surface area contributed by atoms with Crippen LogP contribution in [-0.4, -0.2) is 15.3 Å². The lowest BCUT2D eigenvalue weighted by atomic mass is 10.2. The first-order chi connectivity index (χ1) is 14.0. The molecule has 0 unspecified atom stereocenters. The van der Waals surface area contributed by atoms with Gasteiger partial charge in [0.1, 0.15) is 28.7 Å². The zero-order valence-electron chi connectivity index (χ0n) is 16.1. The summed E-state index contributed by atoms with van der Waals surface area (Å²) >= 11 is 0. The summed E-state index contributed by atoms with van der Waals surface area (Å²) in [6.07, 6.45) is 1.91. The number of hydrogen-bond acceptors (Lipinski definition) is 3. The molecule has 0 aliphatic carbocycles. The van der Waals surface area contributed by atoms with E-state index in [2.05, 4.69) is 10.3 Å². The van der Waals surface area contributed by atoms with Crippen molar-refractivity contribution in [3.8, 4) is 11.5 Å². The third-order valence-corrected chi connectivity index (χ3v) is 4.58. The van der Waals surface area contributed by atoms with Crippen LogP contribution in [0.15, 0.2) is 66.9 Å². The van der Waals surface area contributed by atoms with E-state index in [1.807, 2.05) is 60.8 Å². The molecule has 0 radical (unpaired) electrons. The van der Waals surface area contributed by atoms with E-state index in [0.29, 0.717) is 29.4 Å². The number of nitrogens with one attached hydrogen (secondary N) is 1. The van der Waals surface area contributed by atoms with E-state index in [1.165, 1.54) is 12.1 Å². The molecular weight excluding hydrogens is 369 g/mol. The Bertz CT molecular complexity index is 1170. The molecule has 2 aromatic carbocycles. The second-order valence-electron chi connectivity index (χ2n) is 6.86. The third kappa shape index (κ3) is 4.11. The van der Waals surface area contributed by atoms with Gasteiger partial charge in [-0.1, -0.05) is 18.2 Å². The first kappa shape index (κ1) is 18.7. The topological polar surface area (TPSA) is 55.6 Å². The monoisotopic (exact) mass is 389 g/mol. The van der Waals surface area contributed by atoms with E-state index in [1.54, 1.807) is 12.1 Å². The molecule has 0 spiro atoms. The van der Waals surface area contributed by atoms with Crippen LogP contribution in [0.4, 0.5) is 4.39 Å². The van der Waals surface area contributed by atoms with Gasteiger partial charge in [0.05, 0.1) is 5.69 Å². The van der Waals surface area contributed by atoms with Crippen molar-refractivity contribution < 1.29 is 13.9 Å². The zero-order chi connectivity index (χ0) is 20.4. The minimum absolute atomic E-state index is 0.174. The van der Waals surface area contributed by atoms with Gasteiger partial charge < -0.3 is 10.1 Å². The van der Waals surface area contributed by atoms with Gasteiger partial charge in [0.25, 0.3) is 5.91 Å². The quantitative estimate of drug-likeness (QED) is 0.533. The van der Waals surface area contributed by atoms with Crippen LogP contribution in [0, 0.1) is 19.7 Å². The number of ether oxygens (including phenoxy) is 1. The second-order valence-corrected chi connectivity index (χ2v) is 6.86. The van der Waals surface area contributed by atoms with Crippen LogP contribution < -0.4 is 10.1 Å². The number of pyridine rings is 1. The number of hydrogen-bond donors (Lipinski definition) is 1. The van der Waals surface area contributed by atoms with Gasteiger partial charge >= 0.3 is 0 Å². The van der Waals surface area contributed by atoms with Crippen LogP contribution >= 0.6 is 0 Å². The third-order valence-electron chi connectivity index (χ3n) is 4.58. The van der Waals surface area contributed by atoms with Crippen molar-refractivity contribution in [3.05, 3.63) is 95.2 Å². The number of aromatic nitrogens is 2. The molecule has 0 saturated carbocycles. The highest BCUT2D eigenvalue weighted by Crippen LogP contribution is 2.22. The first-order valence-electron chi connectivity index (χ1n) is 9.25. The molecule has 2 heterocycles. The van der Waals surface area contributed by atoms with Crippen molar-refractivity contribution >= 4 is 11.6 Å². The summed E-state index contributed by atoms with van der Waals surface area (Å²) in [5, 5.41) is 2.95. The highest BCUT2D eigenvalue weighted by atomic mass is 19.1. The highest BCUT2D eigenvalue weighted by molar-refractivity contribution is 5.94. The van der Waals surface area contributed by atoms with Crippen molar-refractivity contribution in [1.82, 2.24) is 14.7 Å². The minimum Gasteiger partial charge on any atom is -0.457 e. The van der Waals surface area contributed by atoms with Crippen molar-refractivity contribution in [1.29, 1.82) is 0 Å². The molecule has 29 heavy (non-hydrogen) atoms. The molecule has 4 rings (SSSR count). The van der Waals surface area contributed by atoms with Crippen LogP contribution in [-0.2, 0) is 6.54 Å². The lowest BCUT2D eigenvalue weighted by molar-refractivity contribution is 0.0944. The number of halogens is 1. The van der Waals surface area contributed by atoms with Gasteiger partial charge in [-0.05, 0) is 67.4 Å². The maximum atomic E-state index is 13.0. The molecule has 1 amide bonds. The van der Waals surface area contributed by atoms with E-state index in [0.717, 1.165) is 16.8 Å². The van der Waals surface area contributed by atoms with Gasteiger partial charge in [-0.25, -0.2) is 9.37 Å². The molecule has 1 N–H and O–H groups in total. The maximum absolute atomic E-state index is 13.0. The fourth-order valence-electron chi connectivity index (χ4n) is 3.12. The molecular formula is C23H20FN3O2. The Labute approximate surface area is 167 Å². The number of nitrogens with zero attached hydrogens (tertiary/aromatic N) is 2. The standard InChI is InChI=1S/C23H20FN3O2/c1-15-3-12-21-26-16(2)22(27(21)14-15)23(28)25-13-17-4-8-19(9-5-17)29-20-10-6-18(24)7-11-20/h3-12,14H,13H2,1-2H3,(H,25,28). The van der Waals surface area contributed by atoms with Gasteiger partial charge in [-0.15, -0.1) is 0 Å². The summed E-state index contributed by atoms with van der Waals surface area (Å²) in [5.74, 6) is 0.720. The largest absolute Gasteiger partial charge is 0.457 e. The van der Waals surface area contributed by atoms with Crippen molar-refractivity contribution in [3.63, 3.8) is 0 Å². The summed E-state index contributed by atoms with van der Waals surface area (Å²) in [6.45, 7) is 4.19. The van der Waals surface area contributed by atoms with Crippen LogP contribution in [0.25, 0.3) is 5.65 Å². The predicted octanol–water partition coefficient (Wildman–Crippen LogP) is 4.81. The normalized spacial score (nSPS) is 10.9. The lowest BCUT2D eigenvalue weighted by Crippen LogP contribution is -2.25. The second kappa shape index (κ2) is 7.75. The molecule has 6 heteroatoms. The fraction of sp³-hybridized carbons (Fsp3) is 0.130. The van der Waals surface area contributed by atoms with Crippen LogP contribution in [0.1, 0.15) is 27.3 Å². The van der Waals surface area contributed by atoms with Crippen molar-refractivity contribution in [2.24, 2.45) is 0 Å². The SMILES string of the molecule is Cc1ccc2nc(C)c(C(=O)NCc3ccc(Oc4ccc(F)cc4)cc3)n2c1. The summed E-state index contributed by atoms with van der Waals surface area (Å²) in [7, 11) is 0. The maximum Gasteiger partial charge on any atom is 0.270 e. The molecule has 0 aliphatic heterocycles. The van der Waals surface area contributed by atoms with Gasteiger partial charge in [-0.2, -0.15) is 0 Å². The predicted molar refractivity (Wildman–Crippen MR) is 109 cm³/mol. The number of aryl methyl sites for hydroxylation is 2. The smallest absolute Gasteiger partial charge is 0.270 e. The van der Waals surface area contributed by atoms with Crippen LogP contribution in [0.2, 0.25) is 0 Å². The summed E-state index contributed by atoms with van der Waals surface area (Å²) in [5.41, 5.74) is 3.98. The van der Waals surface area contributed by atoms with E-state index in [-0.39, 0.29) is 11.7 Å². The first-order valence-corrected chi connectivity index (χ1v) is 9.25. The summed E-state index contributed by atoms with van der Waals surface area (Å²) in [6, 6.07) is 17.1. The lowest BCUT2D eigenvalue weighted by Gasteiger charge is -2.09. The number of carbonyl (C=O) groups excluding carboxylic acids is 1. The Hall–Kier alpha value is -3.67. The molecule has 0 aliphatic rings. The number of amides is 1. The van der Waals surface area contributed by atoms with E-state index < -0.39 is 0 Å². The Morgan fingerprint density at radius 2 is 1.66 bits per heavy atom. The van der Waals surface area contributed by atoms with Gasteiger partial charge in [0.15, 0.2) is 0 Å². The minimum atomic E-state index is -0.306.